The Morgan fingerprint density at radius 2 is 2.04 bits per heavy atom. The van der Waals surface area contributed by atoms with Crippen molar-refractivity contribution < 1.29 is 33.7 Å². The van der Waals surface area contributed by atoms with Gasteiger partial charge in [-0.2, -0.15) is 0 Å². The summed E-state index contributed by atoms with van der Waals surface area (Å²) in [5.74, 6) is -2.78. The quantitative estimate of drug-likeness (QED) is 0.214. The van der Waals surface area contributed by atoms with Gasteiger partial charge in [-0.25, -0.2) is 9.59 Å². The molecule has 3 unspecified atom stereocenters. The number of aliphatic hydroxyl groups is 1. The summed E-state index contributed by atoms with van der Waals surface area (Å²) < 4.78 is 14.8. The van der Waals surface area contributed by atoms with E-state index in [2.05, 4.69) is 6.58 Å². The van der Waals surface area contributed by atoms with Gasteiger partial charge in [0.1, 0.15) is 25.9 Å². The van der Waals surface area contributed by atoms with Gasteiger partial charge in [0.05, 0.1) is 11.8 Å². The number of aliphatic hydroxyl groups excluding tert-OH is 1. The highest BCUT2D eigenvalue weighted by Crippen LogP contribution is 2.32. The fourth-order valence-corrected chi connectivity index (χ4v) is 2.49. The molecular formula is C17H23ClO7. The maximum Gasteiger partial charge on any atom is 0.334 e. The highest BCUT2D eigenvalue weighted by molar-refractivity contribution is 6.18. The van der Waals surface area contributed by atoms with E-state index < -0.39 is 29.9 Å². The predicted octanol–water partition coefficient (Wildman–Crippen LogP) is 1.37. The molecule has 1 aliphatic rings. The van der Waals surface area contributed by atoms with Gasteiger partial charge < -0.3 is 19.3 Å². The van der Waals surface area contributed by atoms with Crippen LogP contribution in [0.3, 0.4) is 0 Å². The molecule has 0 spiro atoms. The second kappa shape index (κ2) is 10.9. The third kappa shape index (κ3) is 6.88. The molecule has 0 aromatic carbocycles. The number of carbonyl (C=O) groups is 3. The Kier molecular flexibility index (Phi) is 9.23. The number of halogens is 1. The summed E-state index contributed by atoms with van der Waals surface area (Å²) in [5, 5.41) is 9.39. The monoisotopic (exact) mass is 374 g/mol. The molecule has 0 saturated carbocycles. The van der Waals surface area contributed by atoms with Gasteiger partial charge in [-0.1, -0.05) is 19.6 Å². The first-order valence-corrected chi connectivity index (χ1v) is 8.51. The molecule has 0 saturated heterocycles. The van der Waals surface area contributed by atoms with Crippen LogP contribution in [0.15, 0.2) is 24.3 Å². The summed E-state index contributed by atoms with van der Waals surface area (Å²) in [6.07, 6.45) is 3.08. The normalized spacial score (nSPS) is 20.8. The van der Waals surface area contributed by atoms with E-state index in [9.17, 15) is 19.5 Å². The summed E-state index contributed by atoms with van der Waals surface area (Å²) in [5.41, 5.74) is 0.221. The Balaban J connectivity index is 2.62. The molecule has 0 aromatic heterocycles. The first-order chi connectivity index (χ1) is 11.9. The van der Waals surface area contributed by atoms with Crippen LogP contribution in [0.1, 0.15) is 19.8 Å². The Labute approximate surface area is 151 Å². The Morgan fingerprint density at radius 3 is 2.68 bits per heavy atom. The van der Waals surface area contributed by atoms with Crippen molar-refractivity contribution in [2.45, 2.75) is 25.9 Å². The first kappa shape index (κ1) is 21.2. The topological polar surface area (TPSA) is 99.1 Å². The number of esters is 3. The van der Waals surface area contributed by atoms with E-state index in [1.807, 2.05) is 6.92 Å². The fraction of sp³-hybridized carbons (Fsp3) is 0.588. The Bertz CT molecular complexity index is 529. The molecule has 0 heterocycles. The van der Waals surface area contributed by atoms with E-state index in [0.717, 1.165) is 12.5 Å². The van der Waals surface area contributed by atoms with Crippen LogP contribution in [0.25, 0.3) is 0 Å². The van der Waals surface area contributed by atoms with E-state index in [1.54, 1.807) is 6.08 Å². The van der Waals surface area contributed by atoms with Gasteiger partial charge in [-0.05, 0) is 18.8 Å². The van der Waals surface area contributed by atoms with Crippen molar-refractivity contribution in [3.8, 4) is 0 Å². The number of allylic oxidation sites excluding steroid dienone is 1. The van der Waals surface area contributed by atoms with Crippen molar-refractivity contribution in [1.29, 1.82) is 0 Å². The standard InChI is InChI=1S/C17H23ClO7/c1-3-14(20)23-7-8-24-16(21)13-6-4-5-11(2)15(13)17(22)25-10-12(19)9-18/h3,6,11-12,15,19H,1,4-5,7-10H2,2H3. The molecule has 7 nitrogen and oxygen atoms in total. The number of alkyl halides is 1. The van der Waals surface area contributed by atoms with Crippen LogP contribution in [0.2, 0.25) is 0 Å². The fourth-order valence-electron chi connectivity index (χ4n) is 2.40. The molecule has 3 atom stereocenters. The lowest BCUT2D eigenvalue weighted by Crippen LogP contribution is -2.34. The largest absolute Gasteiger partial charge is 0.462 e. The lowest BCUT2D eigenvalue weighted by atomic mass is 9.79. The zero-order chi connectivity index (χ0) is 18.8. The summed E-state index contributed by atoms with van der Waals surface area (Å²) in [6.45, 7) is 4.64. The average molecular weight is 375 g/mol. The molecule has 140 valence electrons. The minimum absolute atomic E-state index is 0.0539. The number of hydrogen-bond acceptors (Lipinski definition) is 7. The van der Waals surface area contributed by atoms with Gasteiger partial charge >= 0.3 is 17.9 Å². The maximum absolute atomic E-state index is 12.3. The van der Waals surface area contributed by atoms with Gasteiger partial charge in [-0.15, -0.1) is 11.6 Å². The smallest absolute Gasteiger partial charge is 0.334 e. The zero-order valence-electron chi connectivity index (χ0n) is 14.1. The Morgan fingerprint density at radius 1 is 1.36 bits per heavy atom. The third-order valence-corrected chi connectivity index (χ3v) is 4.06. The van der Waals surface area contributed by atoms with Crippen molar-refractivity contribution in [1.82, 2.24) is 0 Å². The van der Waals surface area contributed by atoms with Crippen molar-refractivity contribution in [3.63, 3.8) is 0 Å². The van der Waals surface area contributed by atoms with E-state index in [0.29, 0.717) is 6.42 Å². The van der Waals surface area contributed by atoms with Crippen LogP contribution < -0.4 is 0 Å². The SMILES string of the molecule is C=CC(=O)OCCOC(=O)C1=CCCC(C)C1C(=O)OCC(O)CCl. The van der Waals surface area contributed by atoms with E-state index >= 15 is 0 Å². The van der Waals surface area contributed by atoms with Crippen molar-refractivity contribution in [3.05, 3.63) is 24.3 Å². The summed E-state index contributed by atoms with van der Waals surface area (Å²) in [7, 11) is 0. The van der Waals surface area contributed by atoms with Crippen molar-refractivity contribution >= 4 is 29.5 Å². The molecule has 1 aliphatic carbocycles. The lowest BCUT2D eigenvalue weighted by Gasteiger charge is -2.27. The van der Waals surface area contributed by atoms with Crippen molar-refractivity contribution in [2.75, 3.05) is 25.7 Å². The Hall–Kier alpha value is -1.86. The molecule has 25 heavy (non-hydrogen) atoms. The van der Waals surface area contributed by atoms with Crippen LogP contribution >= 0.6 is 11.6 Å². The second-order valence-corrected chi connectivity index (χ2v) is 5.95. The van der Waals surface area contributed by atoms with Gasteiger partial charge in [0.25, 0.3) is 0 Å². The molecule has 0 aromatic rings. The molecule has 1 rings (SSSR count). The van der Waals surface area contributed by atoms with E-state index in [4.69, 9.17) is 25.8 Å². The van der Waals surface area contributed by atoms with Crippen LogP contribution in [0.5, 0.6) is 0 Å². The van der Waals surface area contributed by atoms with Gasteiger partial charge in [0.15, 0.2) is 0 Å². The third-order valence-electron chi connectivity index (χ3n) is 3.70. The minimum Gasteiger partial charge on any atom is -0.462 e. The van der Waals surface area contributed by atoms with Crippen LogP contribution in [-0.4, -0.2) is 54.8 Å². The molecule has 0 bridgehead atoms. The average Bonchev–Trinajstić information content (AvgIpc) is 2.62. The summed E-state index contributed by atoms with van der Waals surface area (Å²) >= 11 is 5.46. The van der Waals surface area contributed by atoms with Crippen molar-refractivity contribution in [2.24, 2.45) is 11.8 Å². The van der Waals surface area contributed by atoms with E-state index in [-0.39, 0.29) is 37.2 Å². The van der Waals surface area contributed by atoms with E-state index in [1.165, 1.54) is 0 Å². The first-order valence-electron chi connectivity index (χ1n) is 7.97. The summed E-state index contributed by atoms with van der Waals surface area (Å²) in [6, 6.07) is 0. The number of rotatable bonds is 9. The highest BCUT2D eigenvalue weighted by Gasteiger charge is 2.36. The molecule has 8 heteroatoms. The number of carbonyl (C=O) groups excluding carboxylic acids is 3. The number of hydrogen-bond donors (Lipinski definition) is 1. The predicted molar refractivity (Wildman–Crippen MR) is 89.8 cm³/mol. The molecular weight excluding hydrogens is 352 g/mol. The second-order valence-electron chi connectivity index (χ2n) is 5.64. The van der Waals surface area contributed by atoms with Gasteiger partial charge in [0, 0.05) is 11.6 Å². The minimum atomic E-state index is -0.955. The van der Waals surface area contributed by atoms with Crippen LogP contribution in [0, 0.1) is 11.8 Å². The maximum atomic E-state index is 12.3. The van der Waals surface area contributed by atoms with Crippen LogP contribution in [-0.2, 0) is 28.6 Å². The lowest BCUT2D eigenvalue weighted by molar-refractivity contribution is -0.155. The van der Waals surface area contributed by atoms with Crippen LogP contribution in [0.4, 0.5) is 0 Å². The number of ether oxygens (including phenoxy) is 3. The molecule has 0 radical (unpaired) electrons. The van der Waals surface area contributed by atoms with Gasteiger partial charge in [0.2, 0.25) is 0 Å². The van der Waals surface area contributed by atoms with Gasteiger partial charge in [-0.3, -0.25) is 4.79 Å². The highest BCUT2D eigenvalue weighted by atomic mass is 35.5. The molecule has 0 aliphatic heterocycles. The molecule has 0 amide bonds. The zero-order valence-corrected chi connectivity index (χ0v) is 14.9. The molecule has 1 N–H and O–H groups in total. The molecule has 0 fully saturated rings. The summed E-state index contributed by atoms with van der Waals surface area (Å²) in [4.78, 5) is 35.4.